The second-order valence-electron chi connectivity index (χ2n) is 3.86. The topological polar surface area (TPSA) is 69.6 Å². The maximum absolute atomic E-state index is 11.1. The highest BCUT2D eigenvalue weighted by Gasteiger charge is 2.09. The molecule has 90 valence electrons. The highest BCUT2D eigenvalue weighted by atomic mass is 16.4. The maximum Gasteiger partial charge on any atom is 0.328 e. The van der Waals surface area contributed by atoms with Crippen LogP contribution in [0.5, 0.6) is 0 Å². The molecule has 1 aliphatic heterocycles. The van der Waals surface area contributed by atoms with Crippen LogP contribution in [-0.2, 0) is 9.59 Å². The molecule has 2 N–H and O–H groups in total. The predicted molar refractivity (Wildman–Crippen MR) is 60.1 cm³/mol. The zero-order chi connectivity index (χ0) is 11.8. The van der Waals surface area contributed by atoms with Crippen molar-refractivity contribution in [2.24, 2.45) is 0 Å². The summed E-state index contributed by atoms with van der Waals surface area (Å²) >= 11 is 0. The molecule has 0 saturated carbocycles. The summed E-state index contributed by atoms with van der Waals surface area (Å²) in [6.07, 6.45) is 5.64. The first-order valence-electron chi connectivity index (χ1n) is 5.59. The Kier molecular flexibility index (Phi) is 5.56. The van der Waals surface area contributed by atoms with Crippen molar-refractivity contribution in [2.45, 2.75) is 19.3 Å². The van der Waals surface area contributed by atoms with Gasteiger partial charge in [-0.05, 0) is 25.9 Å². The van der Waals surface area contributed by atoms with E-state index in [0.29, 0.717) is 6.54 Å². The van der Waals surface area contributed by atoms with Crippen molar-refractivity contribution in [3.8, 4) is 0 Å². The van der Waals surface area contributed by atoms with Gasteiger partial charge in [0.05, 0.1) is 0 Å². The average Bonchev–Trinajstić information content (AvgIpc) is 2.28. The molecule has 0 aliphatic carbocycles. The molecule has 0 radical (unpaired) electrons. The lowest BCUT2D eigenvalue weighted by atomic mass is 10.1. The molecule has 0 aromatic rings. The Bertz CT molecular complexity index is 270. The van der Waals surface area contributed by atoms with Crippen LogP contribution in [0.3, 0.4) is 0 Å². The lowest BCUT2D eigenvalue weighted by Crippen LogP contribution is -2.37. The Morgan fingerprint density at radius 3 is 2.50 bits per heavy atom. The Labute approximate surface area is 95.1 Å². The number of carbonyl (C=O) groups excluding carboxylic acids is 1. The predicted octanol–water partition coefficient (Wildman–Crippen LogP) is 0.229. The van der Waals surface area contributed by atoms with Crippen LogP contribution in [0.15, 0.2) is 12.2 Å². The van der Waals surface area contributed by atoms with E-state index in [1.807, 2.05) is 0 Å². The lowest BCUT2D eigenvalue weighted by Gasteiger charge is -2.26. The van der Waals surface area contributed by atoms with Crippen LogP contribution in [0.1, 0.15) is 19.3 Å². The van der Waals surface area contributed by atoms with Crippen molar-refractivity contribution in [1.29, 1.82) is 0 Å². The molecule has 1 saturated heterocycles. The number of amides is 1. The largest absolute Gasteiger partial charge is 0.478 e. The van der Waals surface area contributed by atoms with Crippen molar-refractivity contribution in [1.82, 2.24) is 10.2 Å². The van der Waals surface area contributed by atoms with Crippen molar-refractivity contribution >= 4 is 11.9 Å². The number of nitrogens with one attached hydrogen (secondary N) is 1. The van der Waals surface area contributed by atoms with Gasteiger partial charge in [0.1, 0.15) is 0 Å². The van der Waals surface area contributed by atoms with Gasteiger partial charge in [0, 0.05) is 25.2 Å². The van der Waals surface area contributed by atoms with E-state index in [1.165, 1.54) is 19.3 Å². The first kappa shape index (κ1) is 12.7. The SMILES string of the molecule is O=C(O)C=CC(=O)NCCN1CCCCC1. The first-order chi connectivity index (χ1) is 7.68. The molecular formula is C11H18N2O3. The summed E-state index contributed by atoms with van der Waals surface area (Å²) in [6.45, 7) is 3.61. The van der Waals surface area contributed by atoms with Crippen LogP contribution < -0.4 is 5.32 Å². The summed E-state index contributed by atoms with van der Waals surface area (Å²) in [7, 11) is 0. The third-order valence-electron chi connectivity index (χ3n) is 2.55. The van der Waals surface area contributed by atoms with Crippen molar-refractivity contribution < 1.29 is 14.7 Å². The van der Waals surface area contributed by atoms with Crippen LogP contribution in [0.4, 0.5) is 0 Å². The average molecular weight is 226 g/mol. The second-order valence-corrected chi connectivity index (χ2v) is 3.86. The van der Waals surface area contributed by atoms with Crippen molar-refractivity contribution in [3.05, 3.63) is 12.2 Å². The third-order valence-corrected chi connectivity index (χ3v) is 2.55. The summed E-state index contributed by atoms with van der Waals surface area (Å²) in [5.41, 5.74) is 0. The number of aliphatic carboxylic acids is 1. The zero-order valence-corrected chi connectivity index (χ0v) is 9.32. The Morgan fingerprint density at radius 2 is 1.88 bits per heavy atom. The molecular weight excluding hydrogens is 208 g/mol. The standard InChI is InChI=1S/C11H18N2O3/c14-10(4-5-11(15)16)12-6-9-13-7-2-1-3-8-13/h4-5H,1-3,6-9H2,(H,12,14)(H,15,16). The molecule has 0 spiro atoms. The summed E-state index contributed by atoms with van der Waals surface area (Å²) in [5, 5.41) is 11.0. The quantitative estimate of drug-likeness (QED) is 0.658. The number of piperidine rings is 1. The minimum absolute atomic E-state index is 0.348. The molecule has 1 aliphatic rings. The van der Waals surface area contributed by atoms with E-state index < -0.39 is 5.97 Å². The van der Waals surface area contributed by atoms with E-state index in [0.717, 1.165) is 31.8 Å². The summed E-state index contributed by atoms with van der Waals surface area (Å²) in [6, 6.07) is 0. The number of hydrogen-bond donors (Lipinski definition) is 2. The molecule has 0 aromatic heterocycles. The lowest BCUT2D eigenvalue weighted by molar-refractivity contribution is -0.131. The van der Waals surface area contributed by atoms with Gasteiger partial charge in [-0.2, -0.15) is 0 Å². The molecule has 0 bridgehead atoms. The van der Waals surface area contributed by atoms with Crippen LogP contribution in [-0.4, -0.2) is 48.1 Å². The molecule has 1 heterocycles. The number of nitrogens with zero attached hydrogens (tertiary/aromatic N) is 1. The third kappa shape index (κ3) is 5.50. The molecule has 16 heavy (non-hydrogen) atoms. The zero-order valence-electron chi connectivity index (χ0n) is 9.32. The number of rotatable bonds is 5. The fourth-order valence-electron chi connectivity index (χ4n) is 1.73. The van der Waals surface area contributed by atoms with E-state index in [9.17, 15) is 9.59 Å². The van der Waals surface area contributed by atoms with E-state index in [1.54, 1.807) is 0 Å². The van der Waals surface area contributed by atoms with E-state index in [2.05, 4.69) is 10.2 Å². The monoisotopic (exact) mass is 226 g/mol. The summed E-state index contributed by atoms with van der Waals surface area (Å²) in [4.78, 5) is 23.6. The van der Waals surface area contributed by atoms with Gasteiger partial charge >= 0.3 is 5.97 Å². The van der Waals surface area contributed by atoms with E-state index in [4.69, 9.17) is 5.11 Å². The van der Waals surface area contributed by atoms with Gasteiger partial charge in [-0.15, -0.1) is 0 Å². The highest BCUT2D eigenvalue weighted by molar-refractivity contribution is 5.93. The van der Waals surface area contributed by atoms with E-state index >= 15 is 0 Å². The van der Waals surface area contributed by atoms with Crippen molar-refractivity contribution in [3.63, 3.8) is 0 Å². The van der Waals surface area contributed by atoms with Gasteiger partial charge < -0.3 is 15.3 Å². The second kappa shape index (κ2) is 7.00. The normalized spacial score (nSPS) is 17.5. The number of carboxylic acids is 1. The van der Waals surface area contributed by atoms with Gasteiger partial charge in [-0.3, -0.25) is 4.79 Å². The van der Waals surface area contributed by atoms with Gasteiger partial charge in [0.25, 0.3) is 0 Å². The van der Waals surface area contributed by atoms with Gasteiger partial charge in [0.2, 0.25) is 5.91 Å². The highest BCUT2D eigenvalue weighted by Crippen LogP contribution is 2.07. The molecule has 5 nitrogen and oxygen atoms in total. The van der Waals surface area contributed by atoms with Crippen LogP contribution in [0.2, 0.25) is 0 Å². The van der Waals surface area contributed by atoms with Crippen LogP contribution >= 0.6 is 0 Å². The fraction of sp³-hybridized carbons (Fsp3) is 0.636. The number of likely N-dealkylation sites (tertiary alicyclic amines) is 1. The first-order valence-corrected chi connectivity index (χ1v) is 5.59. The number of carbonyl (C=O) groups is 2. The summed E-state index contributed by atoms with van der Waals surface area (Å²) < 4.78 is 0. The maximum atomic E-state index is 11.1. The minimum Gasteiger partial charge on any atom is -0.478 e. The molecule has 1 amide bonds. The summed E-state index contributed by atoms with van der Waals surface area (Å²) in [5.74, 6) is -1.45. The van der Waals surface area contributed by atoms with Gasteiger partial charge in [-0.25, -0.2) is 4.79 Å². The smallest absolute Gasteiger partial charge is 0.328 e. The van der Waals surface area contributed by atoms with Gasteiger partial charge in [-0.1, -0.05) is 6.42 Å². The molecule has 0 aromatic carbocycles. The Balaban J connectivity index is 2.09. The van der Waals surface area contributed by atoms with Crippen LogP contribution in [0, 0.1) is 0 Å². The number of carboxylic acid groups (broad SMARTS) is 1. The number of hydrogen-bond acceptors (Lipinski definition) is 3. The molecule has 1 fully saturated rings. The fourth-order valence-corrected chi connectivity index (χ4v) is 1.73. The molecule has 1 rings (SSSR count). The van der Waals surface area contributed by atoms with Gasteiger partial charge in [0.15, 0.2) is 0 Å². The Morgan fingerprint density at radius 1 is 1.19 bits per heavy atom. The molecule has 0 unspecified atom stereocenters. The molecule has 5 heteroatoms. The van der Waals surface area contributed by atoms with Crippen molar-refractivity contribution in [2.75, 3.05) is 26.2 Å². The van der Waals surface area contributed by atoms with Crippen LogP contribution in [0.25, 0.3) is 0 Å². The minimum atomic E-state index is -1.11. The Hall–Kier alpha value is -1.36. The van der Waals surface area contributed by atoms with E-state index in [-0.39, 0.29) is 5.91 Å². The molecule has 0 atom stereocenters.